The monoisotopic (exact) mass is 308 g/mol. The van der Waals surface area contributed by atoms with Crippen molar-refractivity contribution >= 4 is 33.0 Å². The molecule has 5 nitrogen and oxygen atoms in total. The maximum absolute atomic E-state index is 12.3. The maximum Gasteiger partial charge on any atom is 0.269 e. The van der Waals surface area contributed by atoms with Crippen LogP contribution in [0, 0.1) is 0 Å². The molecule has 7 heteroatoms. The first-order chi connectivity index (χ1) is 9.50. The number of anilines is 1. The van der Waals surface area contributed by atoms with Crippen LogP contribution in [0.4, 0.5) is 5.69 Å². The van der Waals surface area contributed by atoms with Gasteiger partial charge in [-0.05, 0) is 47.0 Å². The number of sulfonamides is 1. The van der Waals surface area contributed by atoms with Crippen LogP contribution in [0.2, 0.25) is 0 Å². The summed E-state index contributed by atoms with van der Waals surface area (Å²) in [6.45, 7) is 0.145. The number of rotatable bonds is 3. The normalized spacial score (nSPS) is 16.4. The molecule has 0 radical (unpaired) electrons. The van der Waals surface area contributed by atoms with Gasteiger partial charge >= 0.3 is 0 Å². The van der Waals surface area contributed by atoms with Crippen LogP contribution in [-0.4, -0.2) is 25.2 Å². The van der Waals surface area contributed by atoms with E-state index in [4.69, 9.17) is 5.73 Å². The summed E-state index contributed by atoms with van der Waals surface area (Å²) in [4.78, 5) is 12.3. The molecule has 0 bridgehead atoms. The van der Waals surface area contributed by atoms with Gasteiger partial charge in [0, 0.05) is 12.2 Å². The molecule has 2 N–H and O–H groups in total. The summed E-state index contributed by atoms with van der Waals surface area (Å²) in [5.74, 6) is -0.498. The molecule has 1 aromatic carbocycles. The van der Waals surface area contributed by atoms with Crippen molar-refractivity contribution < 1.29 is 13.2 Å². The van der Waals surface area contributed by atoms with E-state index >= 15 is 0 Å². The van der Waals surface area contributed by atoms with Crippen LogP contribution in [0.15, 0.2) is 39.9 Å². The number of nitrogens with zero attached hydrogens (tertiary/aromatic N) is 1. The first kappa shape index (κ1) is 13.1. The molecule has 0 spiro atoms. The van der Waals surface area contributed by atoms with Gasteiger partial charge in [-0.1, -0.05) is 0 Å². The summed E-state index contributed by atoms with van der Waals surface area (Å²) in [7, 11) is -3.73. The maximum atomic E-state index is 12.3. The molecule has 0 saturated heterocycles. The zero-order valence-electron chi connectivity index (χ0n) is 10.4. The van der Waals surface area contributed by atoms with Crippen molar-refractivity contribution in [3.8, 4) is 0 Å². The van der Waals surface area contributed by atoms with Gasteiger partial charge in [0.05, 0.1) is 5.56 Å². The highest BCUT2D eigenvalue weighted by Crippen LogP contribution is 2.31. The van der Waals surface area contributed by atoms with E-state index < -0.39 is 15.9 Å². The highest BCUT2D eigenvalue weighted by Gasteiger charge is 2.40. The number of amides is 1. The van der Waals surface area contributed by atoms with Gasteiger partial charge in [-0.15, -0.1) is 0 Å². The van der Waals surface area contributed by atoms with Crippen LogP contribution in [0.3, 0.4) is 0 Å². The molecule has 2 heterocycles. The second kappa shape index (κ2) is 4.60. The molecule has 0 atom stereocenters. The highest BCUT2D eigenvalue weighted by molar-refractivity contribution is 7.90. The van der Waals surface area contributed by atoms with Crippen molar-refractivity contribution in [3.05, 3.63) is 46.2 Å². The summed E-state index contributed by atoms with van der Waals surface area (Å²) in [5.41, 5.74) is 7.18. The van der Waals surface area contributed by atoms with Gasteiger partial charge in [-0.2, -0.15) is 11.3 Å². The van der Waals surface area contributed by atoms with Gasteiger partial charge in [0.1, 0.15) is 4.90 Å². The minimum Gasteiger partial charge on any atom is -0.399 e. The predicted molar refractivity (Wildman–Crippen MR) is 77.1 cm³/mol. The summed E-state index contributed by atoms with van der Waals surface area (Å²) in [5, 5.41) is 3.86. The lowest BCUT2D eigenvalue weighted by atomic mass is 10.2. The summed E-state index contributed by atoms with van der Waals surface area (Å²) >= 11 is 1.54. The predicted octanol–water partition coefficient (Wildman–Crippen LogP) is 1.72. The van der Waals surface area contributed by atoms with Crippen molar-refractivity contribution in [2.75, 3.05) is 12.3 Å². The highest BCUT2D eigenvalue weighted by atomic mass is 32.2. The Hall–Kier alpha value is -1.86. The quantitative estimate of drug-likeness (QED) is 0.875. The first-order valence-corrected chi connectivity index (χ1v) is 8.36. The third-order valence-corrected chi connectivity index (χ3v) is 5.78. The molecule has 0 unspecified atom stereocenters. The molecule has 3 rings (SSSR count). The average Bonchev–Trinajstić information content (AvgIpc) is 2.96. The summed E-state index contributed by atoms with van der Waals surface area (Å²) < 4.78 is 25.6. The average molecular weight is 308 g/mol. The van der Waals surface area contributed by atoms with E-state index in [-0.39, 0.29) is 17.0 Å². The molecule has 1 aliphatic rings. The number of hydrogen-bond donors (Lipinski definition) is 1. The third-order valence-electron chi connectivity index (χ3n) is 3.21. The number of benzene rings is 1. The van der Waals surface area contributed by atoms with E-state index in [2.05, 4.69) is 0 Å². The van der Waals surface area contributed by atoms with Crippen LogP contribution in [0.25, 0.3) is 0 Å². The third kappa shape index (κ3) is 1.99. The van der Waals surface area contributed by atoms with E-state index in [1.807, 2.05) is 16.8 Å². The molecule has 1 aliphatic heterocycles. The second-order valence-electron chi connectivity index (χ2n) is 4.52. The van der Waals surface area contributed by atoms with E-state index in [1.54, 1.807) is 11.3 Å². The van der Waals surface area contributed by atoms with Gasteiger partial charge in [0.25, 0.3) is 15.9 Å². The van der Waals surface area contributed by atoms with Crippen LogP contribution >= 0.6 is 11.3 Å². The fourth-order valence-corrected chi connectivity index (χ4v) is 4.44. The van der Waals surface area contributed by atoms with Gasteiger partial charge in [-0.25, -0.2) is 12.7 Å². The summed E-state index contributed by atoms with van der Waals surface area (Å²) in [6.07, 6.45) is 0.512. The Morgan fingerprint density at radius 1 is 1.25 bits per heavy atom. The molecule has 0 saturated carbocycles. The van der Waals surface area contributed by atoms with Gasteiger partial charge in [0.2, 0.25) is 0 Å². The number of carbonyl (C=O) groups excluding carboxylic acids is 1. The Kier molecular flexibility index (Phi) is 3.02. The van der Waals surface area contributed by atoms with Crippen molar-refractivity contribution in [2.24, 2.45) is 0 Å². The number of fused-ring (bicyclic) bond motifs is 1. The van der Waals surface area contributed by atoms with Gasteiger partial charge in [-0.3, -0.25) is 4.79 Å². The molecule has 104 valence electrons. The van der Waals surface area contributed by atoms with Crippen LogP contribution in [0.5, 0.6) is 0 Å². The number of nitrogen functional groups attached to an aromatic ring is 1. The SMILES string of the molecule is Nc1ccc2c(c1)C(=O)N(CCc1ccsc1)S2(=O)=O. The fraction of sp³-hybridized carbons (Fsp3) is 0.154. The topological polar surface area (TPSA) is 80.5 Å². The zero-order valence-corrected chi connectivity index (χ0v) is 12.1. The Bertz CT molecular complexity index is 767. The number of hydrogen-bond acceptors (Lipinski definition) is 5. The Morgan fingerprint density at radius 3 is 2.75 bits per heavy atom. The van der Waals surface area contributed by atoms with E-state index in [1.165, 1.54) is 18.2 Å². The zero-order chi connectivity index (χ0) is 14.3. The van der Waals surface area contributed by atoms with Gasteiger partial charge in [0.15, 0.2) is 0 Å². The lowest BCUT2D eigenvalue weighted by Gasteiger charge is -2.14. The smallest absolute Gasteiger partial charge is 0.269 e. The molecular formula is C13H12N2O3S2. The molecule has 0 aliphatic carbocycles. The lowest BCUT2D eigenvalue weighted by Crippen LogP contribution is -2.31. The van der Waals surface area contributed by atoms with Crippen molar-refractivity contribution in [1.82, 2.24) is 4.31 Å². The molecular weight excluding hydrogens is 296 g/mol. The Balaban J connectivity index is 1.92. The first-order valence-electron chi connectivity index (χ1n) is 5.98. The van der Waals surface area contributed by atoms with Crippen LogP contribution in [-0.2, 0) is 16.4 Å². The Morgan fingerprint density at radius 2 is 2.05 bits per heavy atom. The molecule has 2 aromatic rings. The molecule has 1 aromatic heterocycles. The second-order valence-corrected chi connectivity index (χ2v) is 7.13. The van der Waals surface area contributed by atoms with Crippen LogP contribution < -0.4 is 5.73 Å². The Labute approximate surface area is 120 Å². The molecule has 1 amide bonds. The minimum absolute atomic E-state index is 0.0435. The lowest BCUT2D eigenvalue weighted by molar-refractivity contribution is 0.0872. The van der Waals surface area contributed by atoms with E-state index in [9.17, 15) is 13.2 Å². The minimum atomic E-state index is -3.73. The van der Waals surface area contributed by atoms with E-state index in [0.29, 0.717) is 12.1 Å². The molecule has 20 heavy (non-hydrogen) atoms. The van der Waals surface area contributed by atoms with Crippen LogP contribution in [0.1, 0.15) is 15.9 Å². The van der Waals surface area contributed by atoms with Crippen molar-refractivity contribution in [1.29, 1.82) is 0 Å². The van der Waals surface area contributed by atoms with E-state index in [0.717, 1.165) is 9.87 Å². The molecule has 0 fully saturated rings. The largest absolute Gasteiger partial charge is 0.399 e. The fourth-order valence-electron chi connectivity index (χ4n) is 2.19. The summed E-state index contributed by atoms with van der Waals surface area (Å²) in [6, 6.07) is 6.22. The van der Waals surface area contributed by atoms with Crippen molar-refractivity contribution in [2.45, 2.75) is 11.3 Å². The number of thiophene rings is 1. The number of nitrogens with two attached hydrogens (primary N) is 1. The number of carbonyl (C=O) groups is 1. The van der Waals surface area contributed by atoms with Crippen molar-refractivity contribution in [3.63, 3.8) is 0 Å². The van der Waals surface area contributed by atoms with Gasteiger partial charge < -0.3 is 5.73 Å². The standard InChI is InChI=1S/C13H12N2O3S2/c14-10-1-2-12-11(7-10)13(16)15(20(12,17)18)5-3-9-4-6-19-8-9/h1-2,4,6-8H,3,5,14H2.